The molecular weight excluding hydrogens is 376 g/mol. The molecular formula is C25H24N2O3. The van der Waals surface area contributed by atoms with E-state index in [1.54, 1.807) is 42.2 Å². The molecule has 3 aromatic rings. The second kappa shape index (κ2) is 8.03. The molecule has 0 saturated carbocycles. The van der Waals surface area contributed by atoms with Gasteiger partial charge in [0, 0.05) is 11.3 Å². The van der Waals surface area contributed by atoms with Crippen LogP contribution in [0.15, 0.2) is 66.7 Å². The number of carbonyl (C=O) groups excluding carboxylic acids is 2. The van der Waals surface area contributed by atoms with Crippen molar-refractivity contribution >= 4 is 23.2 Å². The number of amides is 2. The molecule has 0 aliphatic carbocycles. The lowest BCUT2D eigenvalue weighted by atomic mass is 10.1. The number of hydrogen-bond acceptors (Lipinski definition) is 3. The van der Waals surface area contributed by atoms with Crippen molar-refractivity contribution in [3.8, 4) is 5.75 Å². The van der Waals surface area contributed by atoms with Crippen LogP contribution in [0.4, 0.5) is 11.4 Å². The average Bonchev–Trinajstić information content (AvgIpc) is 2.73. The molecule has 1 heterocycles. The van der Waals surface area contributed by atoms with Gasteiger partial charge in [-0.2, -0.15) is 0 Å². The van der Waals surface area contributed by atoms with E-state index in [2.05, 4.69) is 5.32 Å². The monoisotopic (exact) mass is 400 g/mol. The number of fused-ring (bicyclic) bond motifs is 1. The summed E-state index contributed by atoms with van der Waals surface area (Å²) >= 11 is 0. The number of rotatable bonds is 4. The highest BCUT2D eigenvalue weighted by atomic mass is 16.5. The van der Waals surface area contributed by atoms with E-state index in [-0.39, 0.29) is 11.8 Å². The molecule has 1 N–H and O–H groups in total. The fraction of sp³-hybridized carbons (Fsp3) is 0.200. The summed E-state index contributed by atoms with van der Waals surface area (Å²) in [6, 6.07) is 20.8. The zero-order valence-electron chi connectivity index (χ0n) is 17.3. The average molecular weight is 400 g/mol. The van der Waals surface area contributed by atoms with Crippen LogP contribution in [0.2, 0.25) is 0 Å². The first-order chi connectivity index (χ1) is 14.4. The van der Waals surface area contributed by atoms with Crippen molar-refractivity contribution < 1.29 is 14.3 Å². The number of hydrogen-bond donors (Lipinski definition) is 1. The van der Waals surface area contributed by atoms with Gasteiger partial charge in [0.2, 0.25) is 0 Å². The fourth-order valence-corrected chi connectivity index (χ4v) is 3.51. The Bertz CT molecular complexity index is 1110. The molecule has 0 bridgehead atoms. The normalized spacial score (nSPS) is 15.4. The van der Waals surface area contributed by atoms with Gasteiger partial charge in [-0.1, -0.05) is 42.0 Å². The molecule has 4 rings (SSSR count). The van der Waals surface area contributed by atoms with E-state index in [0.717, 1.165) is 16.7 Å². The SMILES string of the molecule is Cc1ccc(C(=O)Nc2ccc3c(c2)N(Cc2ccccc2C)C(=O)C(C)O3)cc1. The van der Waals surface area contributed by atoms with Crippen molar-refractivity contribution in [2.75, 3.05) is 10.2 Å². The summed E-state index contributed by atoms with van der Waals surface area (Å²) in [6.45, 7) is 6.21. The van der Waals surface area contributed by atoms with Gasteiger partial charge in [-0.15, -0.1) is 0 Å². The minimum absolute atomic E-state index is 0.104. The Hall–Kier alpha value is -3.60. The third-order valence-electron chi connectivity index (χ3n) is 5.33. The van der Waals surface area contributed by atoms with Crippen LogP contribution in [0.5, 0.6) is 5.75 Å². The highest BCUT2D eigenvalue weighted by molar-refractivity contribution is 6.05. The van der Waals surface area contributed by atoms with Crippen molar-refractivity contribution in [3.05, 3.63) is 89.0 Å². The number of carbonyl (C=O) groups is 2. The third-order valence-corrected chi connectivity index (χ3v) is 5.33. The lowest BCUT2D eigenvalue weighted by molar-refractivity contribution is -0.125. The number of nitrogens with one attached hydrogen (secondary N) is 1. The van der Waals surface area contributed by atoms with Crippen LogP contribution in [0.1, 0.15) is 34.0 Å². The van der Waals surface area contributed by atoms with Crippen molar-refractivity contribution in [3.63, 3.8) is 0 Å². The molecule has 1 unspecified atom stereocenters. The Morgan fingerprint density at radius 1 is 1.03 bits per heavy atom. The van der Waals surface area contributed by atoms with Crippen LogP contribution in [-0.2, 0) is 11.3 Å². The minimum Gasteiger partial charge on any atom is -0.479 e. The van der Waals surface area contributed by atoms with E-state index < -0.39 is 6.10 Å². The zero-order valence-corrected chi connectivity index (χ0v) is 17.3. The van der Waals surface area contributed by atoms with Gasteiger partial charge in [-0.05, 0) is 62.2 Å². The lowest BCUT2D eigenvalue weighted by Gasteiger charge is -2.33. The van der Waals surface area contributed by atoms with E-state index in [1.807, 2.05) is 50.2 Å². The van der Waals surface area contributed by atoms with E-state index in [1.165, 1.54) is 0 Å². The maximum absolute atomic E-state index is 12.9. The summed E-state index contributed by atoms with van der Waals surface area (Å²) in [6.07, 6.45) is -0.561. The third kappa shape index (κ3) is 3.92. The first kappa shape index (κ1) is 19.7. The van der Waals surface area contributed by atoms with Crippen molar-refractivity contribution in [2.24, 2.45) is 0 Å². The maximum atomic E-state index is 12.9. The van der Waals surface area contributed by atoms with E-state index in [4.69, 9.17) is 4.74 Å². The Balaban J connectivity index is 1.64. The lowest BCUT2D eigenvalue weighted by Crippen LogP contribution is -2.44. The summed E-state index contributed by atoms with van der Waals surface area (Å²) in [5.41, 5.74) is 5.13. The molecule has 1 atom stereocenters. The smallest absolute Gasteiger partial charge is 0.268 e. The summed E-state index contributed by atoms with van der Waals surface area (Å²) in [4.78, 5) is 27.2. The number of nitrogens with zero attached hydrogens (tertiary/aromatic N) is 1. The van der Waals surface area contributed by atoms with Gasteiger partial charge in [0.25, 0.3) is 11.8 Å². The van der Waals surface area contributed by atoms with Crippen LogP contribution in [0.25, 0.3) is 0 Å². The number of anilines is 2. The Morgan fingerprint density at radius 2 is 1.77 bits per heavy atom. The van der Waals surface area contributed by atoms with E-state index in [9.17, 15) is 9.59 Å². The minimum atomic E-state index is -0.561. The molecule has 30 heavy (non-hydrogen) atoms. The maximum Gasteiger partial charge on any atom is 0.268 e. The summed E-state index contributed by atoms with van der Waals surface area (Å²) in [5.74, 6) is 0.327. The van der Waals surface area contributed by atoms with Crippen LogP contribution in [-0.4, -0.2) is 17.9 Å². The van der Waals surface area contributed by atoms with Gasteiger partial charge in [-0.25, -0.2) is 0 Å². The summed E-state index contributed by atoms with van der Waals surface area (Å²) in [5, 5.41) is 2.92. The van der Waals surface area contributed by atoms with Crippen LogP contribution in [0.3, 0.4) is 0 Å². The molecule has 3 aromatic carbocycles. The topological polar surface area (TPSA) is 58.6 Å². The molecule has 0 fully saturated rings. The quantitative estimate of drug-likeness (QED) is 0.680. The van der Waals surface area contributed by atoms with Gasteiger partial charge in [0.15, 0.2) is 6.10 Å². The molecule has 1 aliphatic heterocycles. The van der Waals surface area contributed by atoms with Crippen LogP contribution < -0.4 is 15.0 Å². The molecule has 0 saturated heterocycles. The number of aryl methyl sites for hydroxylation is 2. The molecule has 1 aliphatic rings. The van der Waals surface area contributed by atoms with E-state index >= 15 is 0 Å². The standard InChI is InChI=1S/C25H24N2O3/c1-16-8-10-19(11-9-16)24(28)26-21-12-13-23-22(14-21)27(25(29)18(3)30-23)15-20-7-5-4-6-17(20)2/h4-14,18H,15H2,1-3H3,(H,26,28). The van der Waals surface area contributed by atoms with Crippen molar-refractivity contribution in [1.29, 1.82) is 0 Å². The second-order valence-electron chi connectivity index (χ2n) is 7.61. The van der Waals surface area contributed by atoms with E-state index in [0.29, 0.717) is 29.2 Å². The van der Waals surface area contributed by atoms with Crippen molar-refractivity contribution in [2.45, 2.75) is 33.4 Å². The predicted molar refractivity (Wildman–Crippen MR) is 118 cm³/mol. The largest absolute Gasteiger partial charge is 0.479 e. The van der Waals surface area contributed by atoms with Gasteiger partial charge in [0.05, 0.1) is 12.2 Å². The number of benzene rings is 3. The summed E-state index contributed by atoms with van der Waals surface area (Å²) in [7, 11) is 0. The molecule has 2 amide bonds. The van der Waals surface area contributed by atoms with Gasteiger partial charge < -0.3 is 15.0 Å². The first-order valence-electron chi connectivity index (χ1n) is 9.97. The molecule has 152 valence electrons. The Morgan fingerprint density at radius 3 is 2.50 bits per heavy atom. The molecule has 0 radical (unpaired) electrons. The van der Waals surface area contributed by atoms with Gasteiger partial charge in [0.1, 0.15) is 5.75 Å². The molecule has 5 heteroatoms. The zero-order chi connectivity index (χ0) is 21.3. The first-order valence-corrected chi connectivity index (χ1v) is 9.97. The number of ether oxygens (including phenoxy) is 1. The molecule has 0 spiro atoms. The molecule has 0 aromatic heterocycles. The fourth-order valence-electron chi connectivity index (χ4n) is 3.51. The van der Waals surface area contributed by atoms with Crippen LogP contribution in [0, 0.1) is 13.8 Å². The second-order valence-corrected chi connectivity index (χ2v) is 7.61. The summed E-state index contributed by atoms with van der Waals surface area (Å²) < 4.78 is 5.80. The highest BCUT2D eigenvalue weighted by Crippen LogP contribution is 2.37. The van der Waals surface area contributed by atoms with Crippen LogP contribution >= 0.6 is 0 Å². The Kier molecular flexibility index (Phi) is 5.27. The van der Waals surface area contributed by atoms with Crippen molar-refractivity contribution in [1.82, 2.24) is 0 Å². The predicted octanol–water partition coefficient (Wildman–Crippen LogP) is 4.87. The molecule has 5 nitrogen and oxygen atoms in total. The highest BCUT2D eigenvalue weighted by Gasteiger charge is 2.32. The van der Waals surface area contributed by atoms with Gasteiger partial charge in [-0.3, -0.25) is 9.59 Å². The Labute approximate surface area is 176 Å². The van der Waals surface area contributed by atoms with Gasteiger partial charge >= 0.3 is 0 Å².